The number of halogens is 1. The van der Waals surface area contributed by atoms with Crippen molar-refractivity contribution >= 4 is 23.5 Å². The highest BCUT2D eigenvalue weighted by atomic mass is 32.2. The first-order valence-corrected chi connectivity index (χ1v) is 8.96. The second kappa shape index (κ2) is 8.17. The summed E-state index contributed by atoms with van der Waals surface area (Å²) in [5.74, 6) is 1.57. The minimum Gasteiger partial charge on any atom is -0.444 e. The Balaban J connectivity index is 1.57. The molecular formula is C18H19FN2O2S. The maximum Gasteiger partial charge on any atom is 0.411 e. The van der Waals surface area contributed by atoms with Gasteiger partial charge >= 0.3 is 6.09 Å². The lowest BCUT2D eigenvalue weighted by molar-refractivity contribution is 0.155. The van der Waals surface area contributed by atoms with Crippen LogP contribution < -0.4 is 10.6 Å². The molecule has 6 heteroatoms. The fourth-order valence-corrected chi connectivity index (χ4v) is 3.49. The average molecular weight is 346 g/mol. The van der Waals surface area contributed by atoms with Crippen molar-refractivity contribution in [3.05, 3.63) is 65.5 Å². The summed E-state index contributed by atoms with van der Waals surface area (Å²) in [7, 11) is 0. The third-order valence-electron chi connectivity index (χ3n) is 3.76. The summed E-state index contributed by atoms with van der Waals surface area (Å²) in [4.78, 5) is 11.8. The van der Waals surface area contributed by atoms with Crippen LogP contribution in [0.15, 0.2) is 48.5 Å². The Labute approximate surface area is 144 Å². The number of carbonyl (C=O) groups excluding carboxylic acids is 1. The molecule has 1 atom stereocenters. The molecule has 0 aromatic heterocycles. The van der Waals surface area contributed by atoms with Crippen LogP contribution in [0.3, 0.4) is 0 Å². The third kappa shape index (κ3) is 4.49. The highest BCUT2D eigenvalue weighted by molar-refractivity contribution is 7.99. The van der Waals surface area contributed by atoms with Gasteiger partial charge in [0.1, 0.15) is 12.4 Å². The fourth-order valence-electron chi connectivity index (χ4n) is 2.53. The van der Waals surface area contributed by atoms with E-state index in [0.29, 0.717) is 11.3 Å². The van der Waals surface area contributed by atoms with Gasteiger partial charge in [0.05, 0.1) is 0 Å². The first kappa shape index (κ1) is 16.8. The number of ether oxygens (including phenoxy) is 1. The number of thioether (sulfide) groups is 1. The molecule has 1 aliphatic rings. The molecule has 2 aromatic rings. The molecule has 1 fully saturated rings. The van der Waals surface area contributed by atoms with Gasteiger partial charge in [-0.15, -0.1) is 0 Å². The van der Waals surface area contributed by atoms with E-state index in [0.717, 1.165) is 23.6 Å². The Morgan fingerprint density at radius 3 is 2.83 bits per heavy atom. The molecule has 2 aromatic carbocycles. The zero-order valence-corrected chi connectivity index (χ0v) is 13.9. The lowest BCUT2D eigenvalue weighted by atomic mass is 10.1. The minimum atomic E-state index is -0.600. The van der Waals surface area contributed by atoms with E-state index in [1.165, 1.54) is 6.07 Å². The van der Waals surface area contributed by atoms with Crippen LogP contribution in [0.2, 0.25) is 0 Å². The monoisotopic (exact) mass is 346 g/mol. The number of hydrogen-bond donors (Lipinski definition) is 2. The molecule has 0 radical (unpaired) electrons. The first-order valence-electron chi connectivity index (χ1n) is 7.80. The fraction of sp³-hybridized carbons (Fsp3) is 0.278. The Kier molecular flexibility index (Phi) is 5.72. The summed E-state index contributed by atoms with van der Waals surface area (Å²) >= 11 is 1.81. The Bertz CT molecular complexity index is 691. The molecule has 24 heavy (non-hydrogen) atoms. The number of rotatable bonds is 4. The first-order chi connectivity index (χ1) is 11.7. The van der Waals surface area contributed by atoms with Crippen LogP contribution >= 0.6 is 11.8 Å². The van der Waals surface area contributed by atoms with Gasteiger partial charge in [-0.05, 0) is 17.7 Å². The molecule has 0 aliphatic carbocycles. The Morgan fingerprint density at radius 2 is 2.12 bits per heavy atom. The largest absolute Gasteiger partial charge is 0.444 e. The van der Waals surface area contributed by atoms with Gasteiger partial charge in [-0.3, -0.25) is 5.32 Å². The molecule has 1 aliphatic heterocycles. The van der Waals surface area contributed by atoms with Crippen molar-refractivity contribution in [2.75, 3.05) is 23.4 Å². The van der Waals surface area contributed by atoms with Crippen LogP contribution in [0.25, 0.3) is 0 Å². The van der Waals surface area contributed by atoms with E-state index < -0.39 is 6.09 Å². The van der Waals surface area contributed by atoms with Crippen molar-refractivity contribution < 1.29 is 13.9 Å². The molecule has 1 heterocycles. The van der Waals surface area contributed by atoms with Gasteiger partial charge in [0.2, 0.25) is 0 Å². The van der Waals surface area contributed by atoms with Crippen LogP contribution in [-0.2, 0) is 11.3 Å². The molecule has 4 nitrogen and oxygen atoms in total. The molecule has 2 N–H and O–H groups in total. The van der Waals surface area contributed by atoms with Crippen molar-refractivity contribution in [1.82, 2.24) is 5.32 Å². The smallest absolute Gasteiger partial charge is 0.411 e. The predicted molar refractivity (Wildman–Crippen MR) is 94.7 cm³/mol. The van der Waals surface area contributed by atoms with Crippen molar-refractivity contribution in [2.24, 2.45) is 0 Å². The lowest BCUT2D eigenvalue weighted by Crippen LogP contribution is -2.30. The predicted octanol–water partition coefficient (Wildman–Crippen LogP) is 3.95. The summed E-state index contributed by atoms with van der Waals surface area (Å²) in [6.07, 6.45) is -0.600. The standard InChI is InChI=1S/C18H19FN2O2S/c19-16-10-14(6-7-15(16)17-12-24-9-8-20-17)21-18(22)23-11-13-4-2-1-3-5-13/h1-7,10,17,20H,8-9,11-12H2,(H,21,22). The zero-order chi connectivity index (χ0) is 16.8. The minimum absolute atomic E-state index is 0.0165. The molecule has 0 bridgehead atoms. The van der Waals surface area contributed by atoms with E-state index in [2.05, 4.69) is 10.6 Å². The molecule has 0 spiro atoms. The topological polar surface area (TPSA) is 50.4 Å². The van der Waals surface area contributed by atoms with Crippen molar-refractivity contribution in [3.63, 3.8) is 0 Å². The summed E-state index contributed by atoms with van der Waals surface area (Å²) in [6, 6.07) is 14.2. The van der Waals surface area contributed by atoms with E-state index >= 15 is 0 Å². The zero-order valence-electron chi connectivity index (χ0n) is 13.1. The SMILES string of the molecule is O=C(Nc1ccc(C2CSCCN2)c(F)c1)OCc1ccccc1. The maximum atomic E-state index is 14.3. The van der Waals surface area contributed by atoms with Gasteiger partial charge in [-0.25, -0.2) is 9.18 Å². The number of amides is 1. The number of anilines is 1. The molecule has 0 saturated carbocycles. The maximum absolute atomic E-state index is 14.3. The third-order valence-corrected chi connectivity index (χ3v) is 4.82. The second-order valence-corrected chi connectivity index (χ2v) is 6.65. The number of nitrogens with one attached hydrogen (secondary N) is 2. The van der Waals surface area contributed by atoms with Crippen LogP contribution in [-0.4, -0.2) is 24.1 Å². The van der Waals surface area contributed by atoms with Gasteiger partial charge in [-0.2, -0.15) is 11.8 Å². The van der Waals surface area contributed by atoms with Gasteiger partial charge in [0, 0.05) is 35.3 Å². The van der Waals surface area contributed by atoms with Gasteiger partial charge in [0.25, 0.3) is 0 Å². The highest BCUT2D eigenvalue weighted by Crippen LogP contribution is 2.26. The van der Waals surface area contributed by atoms with Crippen LogP contribution in [0.4, 0.5) is 14.9 Å². The molecule has 1 saturated heterocycles. The van der Waals surface area contributed by atoms with Crippen LogP contribution in [0, 0.1) is 5.82 Å². The van der Waals surface area contributed by atoms with E-state index in [1.807, 2.05) is 30.3 Å². The number of hydrogen-bond acceptors (Lipinski definition) is 4. The normalized spacial score (nSPS) is 17.3. The lowest BCUT2D eigenvalue weighted by Gasteiger charge is -2.24. The summed E-state index contributed by atoms with van der Waals surface area (Å²) in [5.41, 5.74) is 1.92. The number of benzene rings is 2. The van der Waals surface area contributed by atoms with Crippen molar-refractivity contribution in [1.29, 1.82) is 0 Å². The average Bonchev–Trinajstić information content (AvgIpc) is 2.62. The summed E-state index contributed by atoms with van der Waals surface area (Å²) in [6.45, 7) is 1.05. The van der Waals surface area contributed by atoms with E-state index in [-0.39, 0.29) is 18.5 Å². The summed E-state index contributed by atoms with van der Waals surface area (Å²) < 4.78 is 19.4. The Morgan fingerprint density at radius 1 is 1.29 bits per heavy atom. The molecule has 3 rings (SSSR count). The molecule has 1 amide bonds. The van der Waals surface area contributed by atoms with Crippen LogP contribution in [0.5, 0.6) is 0 Å². The van der Waals surface area contributed by atoms with Crippen molar-refractivity contribution in [2.45, 2.75) is 12.6 Å². The van der Waals surface area contributed by atoms with E-state index in [4.69, 9.17) is 4.74 Å². The summed E-state index contributed by atoms with van der Waals surface area (Å²) in [5, 5.41) is 5.86. The number of carbonyl (C=O) groups is 1. The van der Waals surface area contributed by atoms with Gasteiger partial charge in [-0.1, -0.05) is 36.4 Å². The molecule has 1 unspecified atom stereocenters. The second-order valence-electron chi connectivity index (χ2n) is 5.50. The Hall–Kier alpha value is -2.05. The molecular weight excluding hydrogens is 327 g/mol. The van der Waals surface area contributed by atoms with E-state index in [9.17, 15) is 9.18 Å². The molecule has 126 valence electrons. The van der Waals surface area contributed by atoms with E-state index in [1.54, 1.807) is 23.9 Å². The quantitative estimate of drug-likeness (QED) is 0.880. The van der Waals surface area contributed by atoms with Crippen LogP contribution in [0.1, 0.15) is 17.2 Å². The van der Waals surface area contributed by atoms with Gasteiger partial charge in [0.15, 0.2) is 0 Å². The van der Waals surface area contributed by atoms with Crippen molar-refractivity contribution in [3.8, 4) is 0 Å². The highest BCUT2D eigenvalue weighted by Gasteiger charge is 2.19. The van der Waals surface area contributed by atoms with Gasteiger partial charge < -0.3 is 10.1 Å².